The Balaban J connectivity index is 1.49. The third-order valence-electron chi connectivity index (χ3n) is 4.11. The first-order chi connectivity index (χ1) is 14.2. The van der Waals surface area contributed by atoms with E-state index in [1.54, 1.807) is 10.9 Å². The molecule has 0 atom stereocenters. The average molecular weight is 442 g/mol. The van der Waals surface area contributed by atoms with Crippen LogP contribution in [0.1, 0.15) is 18.2 Å². The Morgan fingerprint density at radius 1 is 1.07 bits per heavy atom. The minimum absolute atomic E-state index is 0.292. The van der Waals surface area contributed by atoms with Crippen LogP contribution < -0.4 is 10.6 Å². The van der Waals surface area contributed by atoms with Crippen LogP contribution in [0.5, 0.6) is 0 Å². The summed E-state index contributed by atoms with van der Waals surface area (Å²) in [6.45, 7) is 3.79. The van der Waals surface area contributed by atoms with E-state index in [4.69, 9.17) is 12.2 Å². The Morgan fingerprint density at radius 2 is 1.70 bits per heavy atom. The molecule has 0 aliphatic rings. The zero-order valence-corrected chi connectivity index (χ0v) is 17.2. The molecule has 0 fully saturated rings. The second kappa shape index (κ2) is 9.26. The first-order valence-electron chi connectivity index (χ1n) is 9.02. The van der Waals surface area contributed by atoms with E-state index in [0.29, 0.717) is 23.0 Å². The number of hydrogen-bond acceptors (Lipinski definition) is 5. The zero-order valence-electron chi connectivity index (χ0n) is 16.3. The van der Waals surface area contributed by atoms with Crippen LogP contribution in [0, 0.1) is 6.92 Å². The van der Waals surface area contributed by atoms with Gasteiger partial charge in [-0.15, -0.1) is 0 Å². The molecule has 3 aromatic rings. The molecular formula is C17H21F3N8OS. The van der Waals surface area contributed by atoms with E-state index in [-0.39, 0.29) is 6.73 Å². The van der Waals surface area contributed by atoms with E-state index < -0.39 is 12.8 Å². The molecule has 3 aromatic heterocycles. The van der Waals surface area contributed by atoms with Gasteiger partial charge in [0.15, 0.2) is 5.11 Å². The number of halogens is 3. The molecule has 13 heteroatoms. The lowest BCUT2D eigenvalue weighted by atomic mass is 10.2. The molecule has 162 valence electrons. The summed E-state index contributed by atoms with van der Waals surface area (Å²) in [6, 6.07) is 0. The predicted molar refractivity (Wildman–Crippen MR) is 108 cm³/mol. The second-order valence-corrected chi connectivity index (χ2v) is 6.85. The Kier molecular flexibility index (Phi) is 6.72. The highest BCUT2D eigenvalue weighted by molar-refractivity contribution is 7.80. The molecule has 0 radical (unpaired) electrons. The van der Waals surface area contributed by atoms with Crippen molar-refractivity contribution in [2.45, 2.75) is 39.8 Å². The lowest BCUT2D eigenvalue weighted by Gasteiger charge is -2.08. The van der Waals surface area contributed by atoms with Gasteiger partial charge in [0.25, 0.3) is 0 Å². The molecule has 0 aromatic carbocycles. The van der Waals surface area contributed by atoms with Gasteiger partial charge in [0.05, 0.1) is 42.7 Å². The van der Waals surface area contributed by atoms with Crippen molar-refractivity contribution in [1.29, 1.82) is 0 Å². The fourth-order valence-electron chi connectivity index (χ4n) is 2.70. The Labute approximate surface area is 175 Å². The van der Waals surface area contributed by atoms with Crippen LogP contribution in [0.25, 0.3) is 0 Å². The lowest BCUT2D eigenvalue weighted by molar-refractivity contribution is -0.182. The summed E-state index contributed by atoms with van der Waals surface area (Å²) >= 11 is 5.25. The van der Waals surface area contributed by atoms with Crippen molar-refractivity contribution in [3.63, 3.8) is 0 Å². The maximum Gasteiger partial charge on any atom is 0.411 e. The summed E-state index contributed by atoms with van der Waals surface area (Å²) in [5, 5.41) is 18.7. The fraction of sp³-hybridized carbons (Fsp3) is 0.412. The number of nitrogens with zero attached hydrogens (tertiary/aromatic N) is 6. The van der Waals surface area contributed by atoms with Gasteiger partial charge in [0.1, 0.15) is 13.3 Å². The summed E-state index contributed by atoms with van der Waals surface area (Å²) in [5.41, 5.74) is 3.37. The standard InChI is InChI=1S/C17H21F3N8OS/c1-3-28-12(2)13(4-23-28)7-26-8-14(5-21-26)24-16(30)25-15-6-22-27(9-15)11-29-10-17(18,19)20/h4-6,8-9H,3,7,10-11H2,1-2H3,(H2,24,25,30). The molecule has 0 aliphatic heterocycles. The van der Waals surface area contributed by atoms with E-state index in [0.717, 1.165) is 17.8 Å². The number of anilines is 2. The van der Waals surface area contributed by atoms with Crippen LogP contribution in [0.4, 0.5) is 24.5 Å². The molecule has 0 amide bonds. The quantitative estimate of drug-likeness (QED) is 0.519. The van der Waals surface area contributed by atoms with E-state index >= 15 is 0 Å². The molecule has 0 unspecified atom stereocenters. The maximum atomic E-state index is 12.1. The van der Waals surface area contributed by atoms with Crippen molar-refractivity contribution in [3.8, 4) is 0 Å². The summed E-state index contributed by atoms with van der Waals surface area (Å²) < 4.78 is 45.8. The monoisotopic (exact) mass is 442 g/mol. The molecule has 0 bridgehead atoms. The predicted octanol–water partition coefficient (Wildman–Crippen LogP) is 3.00. The van der Waals surface area contributed by atoms with E-state index in [9.17, 15) is 13.2 Å². The molecule has 0 aliphatic carbocycles. The summed E-state index contributed by atoms with van der Waals surface area (Å²) in [6.07, 6.45) is 3.83. The molecule has 3 heterocycles. The SMILES string of the molecule is CCn1ncc(Cn2cc(NC(=S)Nc3cnn(COCC(F)(F)F)c3)cn2)c1C. The molecule has 9 nitrogen and oxygen atoms in total. The Hall–Kier alpha value is -2.93. The minimum Gasteiger partial charge on any atom is -0.350 e. The van der Waals surface area contributed by atoms with Gasteiger partial charge in [-0.25, -0.2) is 4.68 Å². The Bertz CT molecular complexity index is 993. The molecule has 30 heavy (non-hydrogen) atoms. The van der Waals surface area contributed by atoms with Gasteiger partial charge >= 0.3 is 6.18 Å². The number of alkyl halides is 3. The smallest absolute Gasteiger partial charge is 0.350 e. The van der Waals surface area contributed by atoms with Gasteiger partial charge in [0, 0.05) is 24.0 Å². The number of ether oxygens (including phenoxy) is 1. The summed E-state index contributed by atoms with van der Waals surface area (Å²) in [7, 11) is 0. The molecule has 0 saturated carbocycles. The van der Waals surface area contributed by atoms with Crippen LogP contribution >= 0.6 is 12.2 Å². The second-order valence-electron chi connectivity index (χ2n) is 6.44. The summed E-state index contributed by atoms with van der Waals surface area (Å²) in [5.74, 6) is 0. The molecule has 0 spiro atoms. The van der Waals surface area contributed by atoms with Gasteiger partial charge in [0.2, 0.25) is 0 Å². The highest BCUT2D eigenvalue weighted by atomic mass is 32.1. The van der Waals surface area contributed by atoms with Gasteiger partial charge in [-0.2, -0.15) is 28.5 Å². The van der Waals surface area contributed by atoms with Crippen molar-refractivity contribution in [3.05, 3.63) is 42.2 Å². The van der Waals surface area contributed by atoms with Crippen LogP contribution in [-0.4, -0.2) is 47.2 Å². The highest BCUT2D eigenvalue weighted by Crippen LogP contribution is 2.15. The third-order valence-corrected chi connectivity index (χ3v) is 4.31. The van der Waals surface area contributed by atoms with Crippen molar-refractivity contribution < 1.29 is 17.9 Å². The topological polar surface area (TPSA) is 86.8 Å². The average Bonchev–Trinajstić information content (AvgIpc) is 3.37. The fourth-order valence-corrected chi connectivity index (χ4v) is 2.93. The number of hydrogen-bond donors (Lipinski definition) is 2. The van der Waals surface area contributed by atoms with E-state index in [1.165, 1.54) is 17.1 Å². The van der Waals surface area contributed by atoms with Crippen LogP contribution in [0.2, 0.25) is 0 Å². The van der Waals surface area contributed by atoms with E-state index in [2.05, 4.69) is 30.7 Å². The first kappa shape index (κ1) is 21.8. The Morgan fingerprint density at radius 3 is 2.30 bits per heavy atom. The number of rotatable bonds is 8. The number of aromatic nitrogens is 6. The number of aryl methyl sites for hydroxylation is 1. The third kappa shape index (κ3) is 6.03. The molecule has 2 N–H and O–H groups in total. The van der Waals surface area contributed by atoms with Crippen molar-refractivity contribution in [1.82, 2.24) is 29.3 Å². The van der Waals surface area contributed by atoms with Crippen LogP contribution in [-0.2, 0) is 24.6 Å². The van der Waals surface area contributed by atoms with E-state index in [1.807, 2.05) is 30.9 Å². The van der Waals surface area contributed by atoms with Crippen LogP contribution in [0.3, 0.4) is 0 Å². The van der Waals surface area contributed by atoms with Gasteiger partial charge in [-0.3, -0.25) is 9.36 Å². The molecule has 0 saturated heterocycles. The first-order valence-corrected chi connectivity index (χ1v) is 9.43. The summed E-state index contributed by atoms with van der Waals surface area (Å²) in [4.78, 5) is 0. The lowest BCUT2D eigenvalue weighted by Crippen LogP contribution is -2.19. The van der Waals surface area contributed by atoms with Gasteiger partial charge < -0.3 is 15.4 Å². The van der Waals surface area contributed by atoms with Crippen LogP contribution in [0.15, 0.2) is 31.0 Å². The largest absolute Gasteiger partial charge is 0.411 e. The number of nitrogens with one attached hydrogen (secondary N) is 2. The number of thiocarbonyl (C=S) groups is 1. The maximum absolute atomic E-state index is 12.1. The van der Waals surface area contributed by atoms with Crippen molar-refractivity contribution in [2.24, 2.45) is 0 Å². The minimum atomic E-state index is -4.38. The normalized spacial score (nSPS) is 11.6. The van der Waals surface area contributed by atoms with Crippen molar-refractivity contribution >= 4 is 28.7 Å². The zero-order chi connectivity index (χ0) is 21.7. The molecular weight excluding hydrogens is 421 g/mol. The molecule has 3 rings (SSSR count). The van der Waals surface area contributed by atoms with Gasteiger partial charge in [-0.1, -0.05) is 0 Å². The highest BCUT2D eigenvalue weighted by Gasteiger charge is 2.27. The van der Waals surface area contributed by atoms with Crippen molar-refractivity contribution in [2.75, 3.05) is 17.2 Å². The van der Waals surface area contributed by atoms with Gasteiger partial charge in [-0.05, 0) is 26.1 Å².